The molecule has 1 heterocycles. The van der Waals surface area contributed by atoms with Gasteiger partial charge in [-0.1, -0.05) is 0 Å². The smallest absolute Gasteiger partial charge is 0.242 e. The van der Waals surface area contributed by atoms with Crippen molar-refractivity contribution in [3.8, 4) is 5.75 Å². The Balaban J connectivity index is 2.12. The highest BCUT2D eigenvalue weighted by Gasteiger charge is 2.20. The molecule has 0 radical (unpaired) electrons. The first-order valence-corrected chi connectivity index (χ1v) is 10.2. The maximum atomic E-state index is 12.3. The standard InChI is InChI=1S/C17H23N3O4S2/c1-19(2)26(22,23)14-5-6-16(24-4)15(9-14)18-17(21)11-20(3)10-13-7-8-25-12-13/h5-9,12H,10-11H2,1-4H3,(H,18,21). The number of rotatable bonds is 8. The molecule has 1 aromatic carbocycles. The number of hydrogen-bond donors (Lipinski definition) is 1. The topological polar surface area (TPSA) is 79.0 Å². The van der Waals surface area contributed by atoms with E-state index in [0.29, 0.717) is 18.0 Å². The lowest BCUT2D eigenvalue weighted by Gasteiger charge is -2.18. The molecule has 26 heavy (non-hydrogen) atoms. The monoisotopic (exact) mass is 397 g/mol. The van der Waals surface area contributed by atoms with Crippen molar-refractivity contribution < 1.29 is 17.9 Å². The van der Waals surface area contributed by atoms with Crippen molar-refractivity contribution in [3.05, 3.63) is 40.6 Å². The van der Waals surface area contributed by atoms with E-state index >= 15 is 0 Å². The third-order valence-corrected chi connectivity index (χ3v) is 6.21. The van der Waals surface area contributed by atoms with Crippen LogP contribution in [-0.4, -0.2) is 58.3 Å². The van der Waals surface area contributed by atoms with Gasteiger partial charge in [0, 0.05) is 20.6 Å². The number of anilines is 1. The number of carbonyl (C=O) groups is 1. The zero-order valence-electron chi connectivity index (χ0n) is 15.2. The molecule has 7 nitrogen and oxygen atoms in total. The number of amides is 1. The van der Waals surface area contributed by atoms with E-state index in [1.165, 1.54) is 39.4 Å². The normalized spacial score (nSPS) is 11.8. The molecule has 0 aliphatic rings. The molecule has 1 N–H and O–H groups in total. The lowest BCUT2D eigenvalue weighted by Crippen LogP contribution is -2.30. The number of nitrogens with one attached hydrogen (secondary N) is 1. The number of thiophene rings is 1. The molecule has 1 amide bonds. The number of carbonyl (C=O) groups excluding carboxylic acids is 1. The fraction of sp³-hybridized carbons (Fsp3) is 0.353. The summed E-state index contributed by atoms with van der Waals surface area (Å²) in [4.78, 5) is 14.3. The van der Waals surface area contributed by atoms with Gasteiger partial charge in [-0.25, -0.2) is 12.7 Å². The Labute approximate surface area is 158 Å². The van der Waals surface area contributed by atoms with Crippen LogP contribution in [0.1, 0.15) is 5.56 Å². The third-order valence-electron chi connectivity index (χ3n) is 3.67. The van der Waals surface area contributed by atoms with Gasteiger partial charge in [0.25, 0.3) is 0 Å². The fourth-order valence-electron chi connectivity index (χ4n) is 2.34. The van der Waals surface area contributed by atoms with Crippen LogP contribution in [-0.2, 0) is 21.4 Å². The Bertz CT molecular complexity index is 849. The average molecular weight is 398 g/mol. The Hall–Kier alpha value is -1.94. The van der Waals surface area contributed by atoms with Crippen LogP contribution in [0.5, 0.6) is 5.75 Å². The minimum Gasteiger partial charge on any atom is -0.495 e. The lowest BCUT2D eigenvalue weighted by molar-refractivity contribution is -0.117. The Morgan fingerprint density at radius 2 is 1.96 bits per heavy atom. The molecule has 0 spiro atoms. The Morgan fingerprint density at radius 3 is 2.54 bits per heavy atom. The van der Waals surface area contributed by atoms with E-state index in [4.69, 9.17) is 4.74 Å². The van der Waals surface area contributed by atoms with Crippen molar-refractivity contribution in [1.82, 2.24) is 9.21 Å². The highest BCUT2D eigenvalue weighted by atomic mass is 32.2. The zero-order chi connectivity index (χ0) is 19.3. The summed E-state index contributed by atoms with van der Waals surface area (Å²) in [6.07, 6.45) is 0. The summed E-state index contributed by atoms with van der Waals surface area (Å²) in [6, 6.07) is 6.40. The lowest BCUT2D eigenvalue weighted by atomic mass is 10.3. The van der Waals surface area contributed by atoms with Crippen LogP contribution in [0.15, 0.2) is 39.9 Å². The van der Waals surface area contributed by atoms with Gasteiger partial charge >= 0.3 is 0 Å². The number of benzene rings is 1. The molecule has 0 unspecified atom stereocenters. The van der Waals surface area contributed by atoms with Crippen LogP contribution in [0.2, 0.25) is 0 Å². The quantitative estimate of drug-likeness (QED) is 0.738. The fourth-order valence-corrected chi connectivity index (χ4v) is 3.93. The maximum Gasteiger partial charge on any atom is 0.242 e. The molecule has 0 aliphatic carbocycles. The minimum absolute atomic E-state index is 0.0882. The van der Waals surface area contributed by atoms with E-state index in [1.807, 2.05) is 28.8 Å². The van der Waals surface area contributed by atoms with E-state index in [1.54, 1.807) is 11.3 Å². The van der Waals surface area contributed by atoms with Crippen molar-refractivity contribution in [2.75, 3.05) is 40.1 Å². The summed E-state index contributed by atoms with van der Waals surface area (Å²) < 4.78 is 30.9. The van der Waals surface area contributed by atoms with Crippen molar-refractivity contribution in [3.63, 3.8) is 0 Å². The Kier molecular flexibility index (Phi) is 6.76. The van der Waals surface area contributed by atoms with E-state index < -0.39 is 10.0 Å². The number of methoxy groups -OCH3 is 1. The SMILES string of the molecule is COc1ccc(S(=O)(=O)N(C)C)cc1NC(=O)CN(C)Cc1ccsc1. The molecule has 0 bridgehead atoms. The minimum atomic E-state index is -3.60. The molecule has 1 aromatic heterocycles. The average Bonchev–Trinajstić information content (AvgIpc) is 3.07. The first-order chi connectivity index (χ1) is 12.2. The summed E-state index contributed by atoms with van der Waals surface area (Å²) in [7, 11) is 2.63. The van der Waals surface area contributed by atoms with Gasteiger partial charge in [-0.15, -0.1) is 0 Å². The summed E-state index contributed by atoms with van der Waals surface area (Å²) in [5, 5.41) is 6.76. The highest BCUT2D eigenvalue weighted by Crippen LogP contribution is 2.28. The molecule has 0 saturated heterocycles. The first kappa shape index (κ1) is 20.4. The van der Waals surface area contributed by atoms with Crippen LogP contribution in [0, 0.1) is 0 Å². The number of sulfonamides is 1. The third kappa shape index (κ3) is 5.04. The summed E-state index contributed by atoms with van der Waals surface area (Å²) in [6.45, 7) is 0.826. The zero-order valence-corrected chi connectivity index (χ0v) is 16.9. The second-order valence-corrected chi connectivity index (χ2v) is 8.93. The Morgan fingerprint density at radius 1 is 1.23 bits per heavy atom. The van der Waals surface area contributed by atoms with E-state index in [0.717, 1.165) is 9.87 Å². The van der Waals surface area contributed by atoms with Crippen LogP contribution in [0.3, 0.4) is 0 Å². The van der Waals surface area contributed by atoms with E-state index in [2.05, 4.69) is 5.32 Å². The van der Waals surface area contributed by atoms with Crippen molar-refractivity contribution >= 4 is 33.0 Å². The van der Waals surface area contributed by atoms with Crippen LogP contribution < -0.4 is 10.1 Å². The van der Waals surface area contributed by atoms with E-state index in [9.17, 15) is 13.2 Å². The van der Waals surface area contributed by atoms with Crippen molar-refractivity contribution in [2.24, 2.45) is 0 Å². The molecule has 0 atom stereocenters. The molecule has 0 aliphatic heterocycles. The first-order valence-electron chi connectivity index (χ1n) is 7.84. The molecular formula is C17H23N3O4S2. The predicted octanol–water partition coefficient (Wildman–Crippen LogP) is 2.08. The molecule has 0 saturated carbocycles. The van der Waals surface area contributed by atoms with Gasteiger partial charge in [-0.05, 0) is 47.6 Å². The van der Waals surface area contributed by atoms with Crippen LogP contribution in [0.25, 0.3) is 0 Å². The van der Waals surface area contributed by atoms with E-state index in [-0.39, 0.29) is 17.3 Å². The largest absolute Gasteiger partial charge is 0.495 e. The molecule has 142 valence electrons. The number of nitrogens with zero attached hydrogens (tertiary/aromatic N) is 2. The van der Waals surface area contributed by atoms with Gasteiger partial charge in [-0.2, -0.15) is 11.3 Å². The number of likely N-dealkylation sites (N-methyl/N-ethyl adjacent to an activating group) is 1. The van der Waals surface area contributed by atoms with Crippen LogP contribution >= 0.6 is 11.3 Å². The second-order valence-electron chi connectivity index (χ2n) is 6.00. The number of ether oxygens (including phenoxy) is 1. The van der Waals surface area contributed by atoms with Crippen LogP contribution in [0.4, 0.5) is 5.69 Å². The summed E-state index contributed by atoms with van der Waals surface area (Å²) in [5.74, 6) is 0.150. The molecule has 9 heteroatoms. The van der Waals surface area contributed by atoms with Gasteiger partial charge in [0.1, 0.15) is 5.75 Å². The maximum absolute atomic E-state index is 12.3. The molecular weight excluding hydrogens is 374 g/mol. The van der Waals surface area contributed by atoms with Crippen molar-refractivity contribution in [1.29, 1.82) is 0 Å². The van der Waals surface area contributed by atoms with Gasteiger partial charge in [0.2, 0.25) is 15.9 Å². The van der Waals surface area contributed by atoms with Gasteiger partial charge < -0.3 is 10.1 Å². The molecule has 2 rings (SSSR count). The predicted molar refractivity (Wildman–Crippen MR) is 103 cm³/mol. The summed E-state index contributed by atoms with van der Waals surface area (Å²) >= 11 is 1.61. The van der Waals surface area contributed by atoms with Gasteiger partial charge in [0.15, 0.2) is 0 Å². The van der Waals surface area contributed by atoms with Gasteiger partial charge in [-0.3, -0.25) is 9.69 Å². The number of hydrogen-bond acceptors (Lipinski definition) is 6. The molecule has 0 fully saturated rings. The highest BCUT2D eigenvalue weighted by molar-refractivity contribution is 7.89. The summed E-state index contributed by atoms with van der Waals surface area (Å²) in [5.41, 5.74) is 1.46. The van der Waals surface area contributed by atoms with Gasteiger partial charge in [0.05, 0.1) is 24.2 Å². The second kappa shape index (κ2) is 8.63. The molecule has 2 aromatic rings. The van der Waals surface area contributed by atoms with Crippen molar-refractivity contribution in [2.45, 2.75) is 11.4 Å².